The lowest BCUT2D eigenvalue weighted by molar-refractivity contribution is 0.179. The Kier molecular flexibility index (Phi) is 6.22. The van der Waals surface area contributed by atoms with Crippen LogP contribution in [0.2, 0.25) is 0 Å². The summed E-state index contributed by atoms with van der Waals surface area (Å²) in [5, 5.41) is 2.05. The van der Waals surface area contributed by atoms with Crippen LogP contribution < -0.4 is 5.56 Å². The first-order valence-corrected chi connectivity index (χ1v) is 13.7. The van der Waals surface area contributed by atoms with E-state index < -0.39 is 10.0 Å². The molecule has 0 amide bonds. The van der Waals surface area contributed by atoms with Crippen molar-refractivity contribution in [3.05, 3.63) is 67.9 Å². The minimum Gasteiger partial charge on any atom is -0.309 e. The number of hydrogen-bond donors (Lipinski definition) is 1. The molecule has 0 unspecified atom stereocenters. The predicted octanol–water partition coefficient (Wildman–Crippen LogP) is 3.23. The van der Waals surface area contributed by atoms with E-state index in [1.165, 1.54) is 20.2 Å². The number of hydrogen-bond acceptors (Lipinski definition) is 6. The molecule has 0 spiro atoms. The molecule has 2 aromatic heterocycles. The fourth-order valence-electron chi connectivity index (χ4n) is 4.64. The van der Waals surface area contributed by atoms with E-state index in [2.05, 4.69) is 16.8 Å². The first kappa shape index (κ1) is 22.5. The van der Waals surface area contributed by atoms with Gasteiger partial charge < -0.3 is 4.98 Å². The van der Waals surface area contributed by atoms with E-state index in [0.29, 0.717) is 44.5 Å². The summed E-state index contributed by atoms with van der Waals surface area (Å²) in [7, 11) is -3.47. The van der Waals surface area contributed by atoms with E-state index in [-0.39, 0.29) is 5.56 Å². The zero-order valence-electron chi connectivity index (χ0n) is 18.7. The first-order valence-electron chi connectivity index (χ1n) is 11.4. The standard InChI is InChI=1S/C24H28N4O3S2/c1-17-7-8-19-20(15-17)32-24-22(19)23(29)25-21(26-24)16-27-10-12-28(13-11-27)33(30,31)14-9-18-5-3-2-4-6-18/h2-6,9,14,17H,7-8,10-13,15-16H2,1H3,(H,25,26,29)/b14-9+/t17-/m0/s1. The molecule has 2 aliphatic rings. The van der Waals surface area contributed by atoms with Crippen LogP contribution in [0.3, 0.4) is 0 Å². The van der Waals surface area contributed by atoms with Crippen molar-refractivity contribution in [3.8, 4) is 0 Å². The summed E-state index contributed by atoms with van der Waals surface area (Å²) in [6.07, 6.45) is 4.73. The number of benzene rings is 1. The molecule has 0 saturated carbocycles. The fourth-order valence-corrected chi connectivity index (χ4v) is 7.21. The van der Waals surface area contributed by atoms with Gasteiger partial charge in [0.25, 0.3) is 5.56 Å². The Labute approximate surface area is 197 Å². The van der Waals surface area contributed by atoms with E-state index in [0.717, 1.165) is 35.0 Å². The molecule has 174 valence electrons. The zero-order chi connectivity index (χ0) is 23.0. The number of H-pyrrole nitrogens is 1. The van der Waals surface area contributed by atoms with Crippen LogP contribution in [0.4, 0.5) is 0 Å². The highest BCUT2D eigenvalue weighted by Gasteiger charge is 2.26. The van der Waals surface area contributed by atoms with Crippen molar-refractivity contribution in [2.24, 2.45) is 5.92 Å². The van der Waals surface area contributed by atoms with Crippen LogP contribution in [-0.2, 0) is 29.4 Å². The Morgan fingerprint density at radius 3 is 2.70 bits per heavy atom. The maximum absolute atomic E-state index is 12.8. The lowest BCUT2D eigenvalue weighted by atomic mass is 9.89. The van der Waals surface area contributed by atoms with Gasteiger partial charge in [-0.3, -0.25) is 9.69 Å². The number of piperazine rings is 1. The maximum Gasteiger partial charge on any atom is 0.259 e. The molecule has 3 aromatic rings. The lowest BCUT2D eigenvalue weighted by Crippen LogP contribution is -2.47. The summed E-state index contributed by atoms with van der Waals surface area (Å²) in [6, 6.07) is 9.41. The molecule has 5 rings (SSSR count). The van der Waals surface area contributed by atoms with Gasteiger partial charge in [0.15, 0.2) is 0 Å². The van der Waals surface area contributed by atoms with Crippen LogP contribution in [0.15, 0.2) is 40.5 Å². The average molecular weight is 485 g/mol. The van der Waals surface area contributed by atoms with Gasteiger partial charge >= 0.3 is 0 Å². The third kappa shape index (κ3) is 4.82. The lowest BCUT2D eigenvalue weighted by Gasteiger charge is -2.32. The van der Waals surface area contributed by atoms with Gasteiger partial charge in [0.2, 0.25) is 10.0 Å². The second kappa shape index (κ2) is 9.13. The number of sulfonamides is 1. The third-order valence-corrected chi connectivity index (χ3v) is 9.22. The van der Waals surface area contributed by atoms with Crippen molar-refractivity contribution in [3.63, 3.8) is 0 Å². The molecular weight excluding hydrogens is 456 g/mol. The van der Waals surface area contributed by atoms with Crippen molar-refractivity contribution < 1.29 is 8.42 Å². The van der Waals surface area contributed by atoms with E-state index in [1.54, 1.807) is 17.4 Å². The molecule has 7 nitrogen and oxygen atoms in total. The van der Waals surface area contributed by atoms with Crippen LogP contribution in [0.5, 0.6) is 0 Å². The number of aryl methyl sites for hydroxylation is 1. The van der Waals surface area contributed by atoms with Crippen molar-refractivity contribution in [2.75, 3.05) is 26.2 Å². The summed E-state index contributed by atoms with van der Waals surface area (Å²) in [5.74, 6) is 1.30. The Hall–Kier alpha value is -2.33. The number of nitrogens with one attached hydrogen (secondary N) is 1. The van der Waals surface area contributed by atoms with Crippen molar-refractivity contribution in [1.29, 1.82) is 0 Å². The van der Waals surface area contributed by atoms with Crippen LogP contribution in [-0.4, -0.2) is 53.8 Å². The normalized spacial score (nSPS) is 20.5. The summed E-state index contributed by atoms with van der Waals surface area (Å²) in [4.78, 5) is 24.9. The maximum atomic E-state index is 12.8. The van der Waals surface area contributed by atoms with Gasteiger partial charge in [-0.2, -0.15) is 4.31 Å². The summed E-state index contributed by atoms with van der Waals surface area (Å²) < 4.78 is 26.9. The molecule has 1 saturated heterocycles. The molecule has 1 N–H and O–H groups in total. The molecule has 1 atom stereocenters. The topological polar surface area (TPSA) is 86.4 Å². The Balaban J connectivity index is 1.25. The van der Waals surface area contributed by atoms with Gasteiger partial charge in [-0.25, -0.2) is 13.4 Å². The molecular formula is C24H28N4O3S2. The van der Waals surface area contributed by atoms with Crippen molar-refractivity contribution in [2.45, 2.75) is 32.7 Å². The Morgan fingerprint density at radius 1 is 1.18 bits per heavy atom. The van der Waals surface area contributed by atoms with Crippen molar-refractivity contribution >= 4 is 37.7 Å². The number of aromatic nitrogens is 2. The van der Waals surface area contributed by atoms with Crippen LogP contribution >= 0.6 is 11.3 Å². The van der Waals surface area contributed by atoms with Crippen LogP contribution in [0.25, 0.3) is 16.3 Å². The highest BCUT2D eigenvalue weighted by molar-refractivity contribution is 7.92. The highest BCUT2D eigenvalue weighted by atomic mass is 32.2. The molecule has 1 aliphatic carbocycles. The number of aromatic amines is 1. The van der Waals surface area contributed by atoms with E-state index in [9.17, 15) is 13.2 Å². The van der Waals surface area contributed by atoms with E-state index in [4.69, 9.17) is 4.98 Å². The second-order valence-corrected chi connectivity index (χ2v) is 11.9. The third-order valence-electron chi connectivity index (χ3n) is 6.51. The van der Waals surface area contributed by atoms with E-state index in [1.807, 2.05) is 30.3 Å². The molecule has 1 fully saturated rings. The quantitative estimate of drug-likeness (QED) is 0.601. The number of thiophene rings is 1. The summed E-state index contributed by atoms with van der Waals surface area (Å²) in [5.41, 5.74) is 2.00. The molecule has 1 aromatic carbocycles. The number of rotatable bonds is 5. The van der Waals surface area contributed by atoms with Gasteiger partial charge in [-0.05, 0) is 42.4 Å². The van der Waals surface area contributed by atoms with Gasteiger partial charge in [-0.1, -0.05) is 37.3 Å². The minimum absolute atomic E-state index is 0.0469. The molecule has 9 heteroatoms. The zero-order valence-corrected chi connectivity index (χ0v) is 20.3. The average Bonchev–Trinajstić information content (AvgIpc) is 3.16. The Bertz CT molecular complexity index is 1340. The van der Waals surface area contributed by atoms with Gasteiger partial charge in [0.1, 0.15) is 10.7 Å². The fraction of sp³-hybridized carbons (Fsp3) is 0.417. The summed E-state index contributed by atoms with van der Waals surface area (Å²) in [6.45, 7) is 4.79. The molecule has 0 bridgehead atoms. The highest BCUT2D eigenvalue weighted by Crippen LogP contribution is 2.35. The number of nitrogens with zero attached hydrogens (tertiary/aromatic N) is 3. The smallest absolute Gasteiger partial charge is 0.259 e. The monoisotopic (exact) mass is 484 g/mol. The second-order valence-electron chi connectivity index (χ2n) is 8.98. The Morgan fingerprint density at radius 2 is 1.94 bits per heavy atom. The van der Waals surface area contributed by atoms with Gasteiger partial charge in [-0.15, -0.1) is 11.3 Å². The van der Waals surface area contributed by atoms with Crippen molar-refractivity contribution in [1.82, 2.24) is 19.2 Å². The molecule has 3 heterocycles. The predicted molar refractivity (Wildman–Crippen MR) is 133 cm³/mol. The SMILES string of the molecule is C[C@H]1CCc2c(sc3nc(CN4CCN(S(=O)(=O)/C=C/c5ccccc5)CC4)[nH]c(=O)c23)C1. The van der Waals surface area contributed by atoms with Crippen LogP contribution in [0, 0.1) is 5.92 Å². The summed E-state index contributed by atoms with van der Waals surface area (Å²) >= 11 is 1.66. The number of fused-ring (bicyclic) bond motifs is 3. The minimum atomic E-state index is -3.47. The largest absolute Gasteiger partial charge is 0.309 e. The molecule has 1 aliphatic heterocycles. The molecule has 0 radical (unpaired) electrons. The molecule has 33 heavy (non-hydrogen) atoms. The van der Waals surface area contributed by atoms with Crippen LogP contribution in [0.1, 0.15) is 35.2 Å². The van der Waals surface area contributed by atoms with E-state index >= 15 is 0 Å². The first-order chi connectivity index (χ1) is 15.9. The van der Waals surface area contributed by atoms with Gasteiger partial charge in [0.05, 0.1) is 11.9 Å². The van der Waals surface area contributed by atoms with Gasteiger partial charge in [0, 0.05) is 36.5 Å².